The van der Waals surface area contributed by atoms with Gasteiger partial charge in [-0.15, -0.1) is 0 Å². The first-order valence-corrected chi connectivity index (χ1v) is 9.52. The van der Waals surface area contributed by atoms with Gasteiger partial charge < -0.3 is 9.64 Å². The molecule has 0 N–H and O–H groups in total. The summed E-state index contributed by atoms with van der Waals surface area (Å²) < 4.78 is 6.36. The zero-order chi connectivity index (χ0) is 18.1. The molecule has 4 rings (SSSR count). The molecule has 132 valence electrons. The summed E-state index contributed by atoms with van der Waals surface area (Å²) in [5.41, 5.74) is 3.07. The number of halogens is 2. The number of hydrogen-bond donors (Lipinski definition) is 0. The first-order chi connectivity index (χ1) is 12.6. The second-order valence-corrected chi connectivity index (χ2v) is 7.48. The Balaban J connectivity index is 1.86. The lowest BCUT2D eigenvalue weighted by Crippen LogP contribution is -2.40. The Morgan fingerprint density at radius 3 is 2.54 bits per heavy atom. The van der Waals surface area contributed by atoms with Crippen molar-refractivity contribution in [2.45, 2.75) is 0 Å². The van der Waals surface area contributed by atoms with Gasteiger partial charge in [0.15, 0.2) is 0 Å². The fourth-order valence-electron chi connectivity index (χ4n) is 3.08. The molecule has 1 amide bonds. The van der Waals surface area contributed by atoms with Gasteiger partial charge in [0.1, 0.15) is 0 Å². The summed E-state index contributed by atoms with van der Waals surface area (Å²) >= 11 is 9.61. The number of ether oxygens (including phenoxy) is 1. The molecular weight excluding hydrogens is 416 g/mol. The summed E-state index contributed by atoms with van der Waals surface area (Å²) in [5, 5.41) is 1.41. The Morgan fingerprint density at radius 1 is 1.08 bits per heavy atom. The number of carbonyl (C=O) groups excluding carboxylic acids is 1. The zero-order valence-corrected chi connectivity index (χ0v) is 16.3. The van der Waals surface area contributed by atoms with Crippen molar-refractivity contribution < 1.29 is 9.53 Å². The molecule has 3 aromatic rings. The highest BCUT2D eigenvalue weighted by atomic mass is 79.9. The predicted molar refractivity (Wildman–Crippen MR) is 107 cm³/mol. The quantitative estimate of drug-likeness (QED) is 0.586. The molecule has 1 fully saturated rings. The van der Waals surface area contributed by atoms with Crippen molar-refractivity contribution in [2.75, 3.05) is 26.3 Å². The molecule has 0 unspecified atom stereocenters. The summed E-state index contributed by atoms with van der Waals surface area (Å²) in [6, 6.07) is 15.2. The summed E-state index contributed by atoms with van der Waals surface area (Å²) in [6.07, 6.45) is 0. The van der Waals surface area contributed by atoms with Crippen molar-refractivity contribution in [1.82, 2.24) is 9.88 Å². The molecule has 0 saturated carbocycles. The van der Waals surface area contributed by atoms with E-state index in [-0.39, 0.29) is 5.91 Å². The third-order valence-corrected chi connectivity index (χ3v) is 5.20. The smallest absolute Gasteiger partial charge is 0.254 e. The van der Waals surface area contributed by atoms with Crippen LogP contribution in [0.4, 0.5) is 0 Å². The lowest BCUT2D eigenvalue weighted by molar-refractivity contribution is 0.0304. The number of pyridine rings is 1. The average molecular weight is 432 g/mol. The Bertz CT molecular complexity index is 969. The number of amides is 1. The van der Waals surface area contributed by atoms with Crippen molar-refractivity contribution in [3.05, 3.63) is 63.6 Å². The topological polar surface area (TPSA) is 42.4 Å². The van der Waals surface area contributed by atoms with Gasteiger partial charge in [-0.2, -0.15) is 0 Å². The van der Waals surface area contributed by atoms with Gasteiger partial charge in [-0.1, -0.05) is 45.7 Å². The van der Waals surface area contributed by atoms with Crippen molar-refractivity contribution >= 4 is 44.3 Å². The molecule has 2 aromatic carbocycles. The van der Waals surface area contributed by atoms with Crippen molar-refractivity contribution in [2.24, 2.45) is 0 Å². The van der Waals surface area contributed by atoms with Crippen LogP contribution in [0.2, 0.25) is 5.02 Å². The number of morpholine rings is 1. The highest BCUT2D eigenvalue weighted by Gasteiger charge is 2.22. The van der Waals surface area contributed by atoms with E-state index in [0.717, 1.165) is 26.6 Å². The molecule has 0 aliphatic carbocycles. The number of benzene rings is 2. The zero-order valence-electron chi connectivity index (χ0n) is 13.9. The van der Waals surface area contributed by atoms with Crippen LogP contribution >= 0.6 is 27.5 Å². The van der Waals surface area contributed by atoms with Crippen molar-refractivity contribution in [1.29, 1.82) is 0 Å². The van der Waals surface area contributed by atoms with E-state index in [4.69, 9.17) is 21.3 Å². The lowest BCUT2D eigenvalue weighted by Gasteiger charge is -2.27. The van der Waals surface area contributed by atoms with Gasteiger partial charge in [-0.3, -0.25) is 4.79 Å². The molecule has 4 nitrogen and oxygen atoms in total. The van der Waals surface area contributed by atoms with E-state index in [1.165, 1.54) is 0 Å². The molecule has 1 aliphatic heterocycles. The van der Waals surface area contributed by atoms with Crippen LogP contribution < -0.4 is 0 Å². The van der Waals surface area contributed by atoms with Gasteiger partial charge in [0, 0.05) is 33.5 Å². The second kappa shape index (κ2) is 7.35. The van der Waals surface area contributed by atoms with E-state index in [1.54, 1.807) is 12.1 Å². The van der Waals surface area contributed by atoms with Crippen LogP contribution in [0.15, 0.2) is 53.0 Å². The Labute approximate surface area is 164 Å². The van der Waals surface area contributed by atoms with Gasteiger partial charge in [-0.25, -0.2) is 4.98 Å². The minimum atomic E-state index is 0.00128. The number of fused-ring (bicyclic) bond motifs is 1. The third kappa shape index (κ3) is 3.47. The maximum Gasteiger partial charge on any atom is 0.254 e. The fourth-order valence-corrected chi connectivity index (χ4v) is 3.51. The summed E-state index contributed by atoms with van der Waals surface area (Å²) in [6.45, 7) is 2.34. The van der Waals surface area contributed by atoms with Crippen LogP contribution in [-0.2, 0) is 4.74 Å². The van der Waals surface area contributed by atoms with Crippen molar-refractivity contribution in [3.63, 3.8) is 0 Å². The minimum absolute atomic E-state index is 0.00128. The SMILES string of the molecule is O=C(c1cc(-c2ccc(Br)cc2)nc2cc(Cl)ccc12)N1CCOCC1. The van der Waals surface area contributed by atoms with Crippen LogP contribution in [0.25, 0.3) is 22.2 Å². The van der Waals surface area contributed by atoms with Crippen molar-refractivity contribution in [3.8, 4) is 11.3 Å². The van der Waals surface area contributed by atoms with Crippen LogP contribution in [0, 0.1) is 0 Å². The van der Waals surface area contributed by atoms with E-state index >= 15 is 0 Å². The molecule has 6 heteroatoms. The Morgan fingerprint density at radius 2 is 1.81 bits per heavy atom. The van der Waals surface area contributed by atoms with E-state index in [0.29, 0.717) is 36.9 Å². The first-order valence-electron chi connectivity index (χ1n) is 8.35. The van der Waals surface area contributed by atoms with Crippen LogP contribution in [0.5, 0.6) is 0 Å². The normalized spacial score (nSPS) is 14.6. The molecule has 1 aliphatic rings. The van der Waals surface area contributed by atoms with Gasteiger partial charge >= 0.3 is 0 Å². The van der Waals surface area contributed by atoms with E-state index in [2.05, 4.69) is 15.9 Å². The molecule has 0 atom stereocenters. The molecule has 26 heavy (non-hydrogen) atoms. The molecular formula is C20H16BrClN2O2. The standard InChI is InChI=1S/C20H16BrClN2O2/c21-14-3-1-13(2-4-14)18-12-17(20(25)24-7-9-26-10-8-24)16-6-5-15(22)11-19(16)23-18/h1-6,11-12H,7-10H2. The van der Waals surface area contributed by atoms with Crippen LogP contribution in [0.1, 0.15) is 10.4 Å². The molecule has 1 saturated heterocycles. The maximum absolute atomic E-state index is 13.1. The number of hydrogen-bond acceptors (Lipinski definition) is 3. The highest BCUT2D eigenvalue weighted by molar-refractivity contribution is 9.10. The fraction of sp³-hybridized carbons (Fsp3) is 0.200. The van der Waals surface area contributed by atoms with Gasteiger partial charge in [0.05, 0.1) is 30.0 Å². The average Bonchev–Trinajstić information content (AvgIpc) is 2.67. The minimum Gasteiger partial charge on any atom is -0.378 e. The van der Waals surface area contributed by atoms with Crippen LogP contribution in [0.3, 0.4) is 0 Å². The number of rotatable bonds is 2. The number of carbonyl (C=O) groups is 1. The molecule has 1 aromatic heterocycles. The highest BCUT2D eigenvalue weighted by Crippen LogP contribution is 2.28. The lowest BCUT2D eigenvalue weighted by atomic mass is 10.0. The summed E-state index contributed by atoms with van der Waals surface area (Å²) in [4.78, 5) is 19.7. The van der Waals surface area contributed by atoms with E-state index in [1.807, 2.05) is 41.3 Å². The number of nitrogens with zero attached hydrogens (tertiary/aromatic N) is 2. The van der Waals surface area contributed by atoms with Crippen LogP contribution in [-0.4, -0.2) is 42.1 Å². The molecule has 0 radical (unpaired) electrons. The van der Waals surface area contributed by atoms with E-state index in [9.17, 15) is 4.79 Å². The first kappa shape index (κ1) is 17.5. The largest absolute Gasteiger partial charge is 0.378 e. The van der Waals surface area contributed by atoms with Gasteiger partial charge in [0.25, 0.3) is 5.91 Å². The second-order valence-electron chi connectivity index (χ2n) is 6.13. The maximum atomic E-state index is 13.1. The predicted octanol–water partition coefficient (Wildman–Crippen LogP) is 4.79. The monoisotopic (exact) mass is 430 g/mol. The summed E-state index contributed by atoms with van der Waals surface area (Å²) in [5.74, 6) is 0.00128. The van der Waals surface area contributed by atoms with E-state index < -0.39 is 0 Å². The molecule has 2 heterocycles. The molecule has 0 spiro atoms. The third-order valence-electron chi connectivity index (χ3n) is 4.44. The van der Waals surface area contributed by atoms with Gasteiger partial charge in [-0.05, 0) is 30.3 Å². The summed E-state index contributed by atoms with van der Waals surface area (Å²) in [7, 11) is 0. The van der Waals surface area contributed by atoms with Gasteiger partial charge in [0.2, 0.25) is 0 Å². The molecule has 0 bridgehead atoms. The Kier molecular flexibility index (Phi) is 4.94. The number of aromatic nitrogens is 1. The Hall–Kier alpha value is -1.95.